The summed E-state index contributed by atoms with van der Waals surface area (Å²) in [6, 6.07) is 2.73. The molecular formula is C20H27N3O6. The quantitative estimate of drug-likeness (QED) is 0.591. The van der Waals surface area contributed by atoms with E-state index in [1.165, 1.54) is 6.07 Å². The van der Waals surface area contributed by atoms with E-state index in [2.05, 4.69) is 15.8 Å². The van der Waals surface area contributed by atoms with Crippen LogP contribution < -0.4 is 15.4 Å². The molecule has 158 valence electrons. The number of carbonyl (C=O) groups is 2. The first-order valence-electron chi connectivity index (χ1n) is 9.28. The molecule has 0 radical (unpaired) electrons. The van der Waals surface area contributed by atoms with Crippen molar-refractivity contribution in [3.63, 3.8) is 0 Å². The largest absolute Gasteiger partial charge is 0.508 e. The van der Waals surface area contributed by atoms with Crippen molar-refractivity contribution in [3.8, 4) is 28.7 Å². The van der Waals surface area contributed by atoms with Gasteiger partial charge in [0.05, 0.1) is 5.56 Å². The molecule has 1 aromatic heterocycles. The lowest BCUT2D eigenvalue weighted by Crippen LogP contribution is -2.29. The third kappa shape index (κ3) is 4.98. The molecule has 0 spiro atoms. The number of aromatic nitrogens is 1. The SMILES string of the molecule is CCNC(=O)Oc1noc(-c2cc(C(C)C)c(O)cc2O)c1NC(=O)C(C)(C)C. The van der Waals surface area contributed by atoms with E-state index in [0.717, 1.165) is 0 Å². The molecule has 1 aromatic carbocycles. The highest BCUT2D eigenvalue weighted by atomic mass is 16.6. The summed E-state index contributed by atoms with van der Waals surface area (Å²) in [6.07, 6.45) is -0.767. The molecule has 0 atom stereocenters. The minimum Gasteiger partial charge on any atom is -0.508 e. The van der Waals surface area contributed by atoms with Crippen LogP contribution in [0.3, 0.4) is 0 Å². The number of ether oxygens (including phenoxy) is 1. The molecule has 0 saturated heterocycles. The van der Waals surface area contributed by atoms with Crippen LogP contribution in [-0.4, -0.2) is 33.9 Å². The zero-order valence-corrected chi connectivity index (χ0v) is 17.4. The van der Waals surface area contributed by atoms with Crippen LogP contribution in [-0.2, 0) is 4.79 Å². The van der Waals surface area contributed by atoms with Gasteiger partial charge in [-0.25, -0.2) is 4.79 Å². The molecule has 9 nitrogen and oxygen atoms in total. The highest BCUT2D eigenvalue weighted by Crippen LogP contribution is 2.44. The minimum absolute atomic E-state index is 0.00120. The molecule has 0 saturated carbocycles. The van der Waals surface area contributed by atoms with Gasteiger partial charge in [0.15, 0.2) is 11.4 Å². The van der Waals surface area contributed by atoms with Crippen LogP contribution in [0.15, 0.2) is 16.7 Å². The van der Waals surface area contributed by atoms with Crippen molar-refractivity contribution in [2.75, 3.05) is 11.9 Å². The normalized spacial score (nSPS) is 11.4. The van der Waals surface area contributed by atoms with E-state index < -0.39 is 11.5 Å². The number of amides is 2. The van der Waals surface area contributed by atoms with Crippen LogP contribution in [0, 0.1) is 5.41 Å². The minimum atomic E-state index is -0.767. The van der Waals surface area contributed by atoms with Gasteiger partial charge in [0, 0.05) is 18.0 Å². The molecule has 29 heavy (non-hydrogen) atoms. The second kappa shape index (κ2) is 8.42. The van der Waals surface area contributed by atoms with Gasteiger partial charge in [0.1, 0.15) is 11.5 Å². The Hall–Kier alpha value is -3.23. The Labute approximate surface area is 169 Å². The van der Waals surface area contributed by atoms with Gasteiger partial charge in [-0.3, -0.25) is 4.79 Å². The highest BCUT2D eigenvalue weighted by Gasteiger charge is 2.29. The molecule has 0 aliphatic rings. The Bertz CT molecular complexity index is 912. The van der Waals surface area contributed by atoms with Gasteiger partial charge in [0.25, 0.3) is 5.88 Å². The molecule has 2 aromatic rings. The summed E-state index contributed by atoms with van der Waals surface area (Å²) >= 11 is 0. The first-order valence-corrected chi connectivity index (χ1v) is 9.28. The molecule has 2 rings (SSSR count). The summed E-state index contributed by atoms with van der Waals surface area (Å²) < 4.78 is 10.5. The van der Waals surface area contributed by atoms with Gasteiger partial charge < -0.3 is 30.1 Å². The number of anilines is 1. The number of phenols is 2. The Morgan fingerprint density at radius 2 is 1.86 bits per heavy atom. The molecule has 1 heterocycles. The second-order valence-electron chi connectivity index (χ2n) is 7.90. The predicted octanol–water partition coefficient (Wildman–Crippen LogP) is 3.97. The summed E-state index contributed by atoms with van der Waals surface area (Å²) in [4.78, 5) is 24.4. The lowest BCUT2D eigenvalue weighted by atomic mass is 9.95. The van der Waals surface area contributed by atoms with E-state index in [9.17, 15) is 19.8 Å². The molecule has 0 fully saturated rings. The Morgan fingerprint density at radius 1 is 1.21 bits per heavy atom. The maximum Gasteiger partial charge on any atom is 0.414 e. The van der Waals surface area contributed by atoms with Gasteiger partial charge in [-0.05, 0) is 29.6 Å². The van der Waals surface area contributed by atoms with Crippen LogP contribution >= 0.6 is 0 Å². The lowest BCUT2D eigenvalue weighted by Gasteiger charge is -2.18. The fourth-order valence-electron chi connectivity index (χ4n) is 2.45. The van der Waals surface area contributed by atoms with Crippen LogP contribution in [0.2, 0.25) is 0 Å². The van der Waals surface area contributed by atoms with Crippen molar-refractivity contribution in [1.82, 2.24) is 10.5 Å². The van der Waals surface area contributed by atoms with Crippen LogP contribution in [0.5, 0.6) is 17.4 Å². The predicted molar refractivity (Wildman–Crippen MR) is 107 cm³/mol. The molecule has 0 aliphatic heterocycles. The van der Waals surface area contributed by atoms with E-state index >= 15 is 0 Å². The number of hydrogen-bond acceptors (Lipinski definition) is 7. The van der Waals surface area contributed by atoms with E-state index in [1.54, 1.807) is 33.8 Å². The fourth-order valence-corrected chi connectivity index (χ4v) is 2.45. The van der Waals surface area contributed by atoms with Gasteiger partial charge in [-0.2, -0.15) is 0 Å². The van der Waals surface area contributed by atoms with Crippen molar-refractivity contribution in [2.45, 2.75) is 47.5 Å². The maximum atomic E-state index is 12.6. The van der Waals surface area contributed by atoms with E-state index in [1.807, 2.05) is 13.8 Å². The van der Waals surface area contributed by atoms with Crippen molar-refractivity contribution in [3.05, 3.63) is 17.7 Å². The molecule has 0 unspecified atom stereocenters. The topological polar surface area (TPSA) is 134 Å². The fraction of sp³-hybridized carbons (Fsp3) is 0.450. The summed E-state index contributed by atoms with van der Waals surface area (Å²) in [5, 5.41) is 29.3. The Kier molecular flexibility index (Phi) is 6.41. The third-order valence-corrected chi connectivity index (χ3v) is 4.10. The molecule has 2 amide bonds. The van der Waals surface area contributed by atoms with Crippen LogP contribution in [0.4, 0.5) is 10.5 Å². The first-order chi connectivity index (χ1) is 13.5. The second-order valence-corrected chi connectivity index (χ2v) is 7.90. The average molecular weight is 405 g/mol. The number of nitrogens with one attached hydrogen (secondary N) is 2. The Balaban J connectivity index is 2.60. The van der Waals surface area contributed by atoms with E-state index in [0.29, 0.717) is 12.1 Å². The Morgan fingerprint density at radius 3 is 2.41 bits per heavy atom. The standard InChI is InChI=1S/C20H27N3O6/c1-7-21-19(27)28-17-15(22-18(26)20(4,5)6)16(29-23-17)12-8-11(10(2)3)13(24)9-14(12)25/h8-10,24-25H,7H2,1-6H3,(H,21,27)(H,22,26). The smallest absolute Gasteiger partial charge is 0.414 e. The van der Waals surface area contributed by atoms with E-state index in [4.69, 9.17) is 9.26 Å². The molecule has 9 heteroatoms. The lowest BCUT2D eigenvalue weighted by molar-refractivity contribution is -0.123. The van der Waals surface area contributed by atoms with Crippen molar-refractivity contribution in [2.24, 2.45) is 5.41 Å². The summed E-state index contributed by atoms with van der Waals surface area (Å²) in [5.74, 6) is -1.01. The number of hydrogen-bond donors (Lipinski definition) is 4. The van der Waals surface area contributed by atoms with E-state index in [-0.39, 0.29) is 46.2 Å². The molecule has 0 aliphatic carbocycles. The monoisotopic (exact) mass is 405 g/mol. The number of rotatable bonds is 5. The first kappa shape index (κ1) is 22.1. The van der Waals surface area contributed by atoms with Crippen molar-refractivity contribution < 1.29 is 29.1 Å². The van der Waals surface area contributed by atoms with Gasteiger partial charge >= 0.3 is 6.09 Å². The van der Waals surface area contributed by atoms with Crippen molar-refractivity contribution >= 4 is 17.7 Å². The number of carbonyl (C=O) groups excluding carboxylic acids is 2. The summed E-state index contributed by atoms with van der Waals surface area (Å²) in [6.45, 7) is 11.0. The van der Waals surface area contributed by atoms with Gasteiger partial charge in [-0.1, -0.05) is 34.6 Å². The van der Waals surface area contributed by atoms with Gasteiger partial charge in [-0.15, -0.1) is 0 Å². The van der Waals surface area contributed by atoms with Crippen LogP contribution in [0.25, 0.3) is 11.3 Å². The summed E-state index contributed by atoms with van der Waals surface area (Å²) in [7, 11) is 0. The van der Waals surface area contributed by atoms with Gasteiger partial charge in [0.2, 0.25) is 5.91 Å². The number of phenolic OH excluding ortho intramolecular Hbond substituents is 2. The zero-order chi connectivity index (χ0) is 21.9. The maximum absolute atomic E-state index is 12.6. The molecule has 4 N–H and O–H groups in total. The highest BCUT2D eigenvalue weighted by molar-refractivity contribution is 5.99. The molecule has 0 bridgehead atoms. The number of benzene rings is 1. The molecular weight excluding hydrogens is 378 g/mol. The number of nitrogens with zero attached hydrogens (tertiary/aromatic N) is 1. The van der Waals surface area contributed by atoms with Crippen molar-refractivity contribution in [1.29, 1.82) is 0 Å². The number of aromatic hydroxyl groups is 2. The average Bonchev–Trinajstić information content (AvgIpc) is 2.96. The third-order valence-electron chi connectivity index (χ3n) is 4.10. The zero-order valence-electron chi connectivity index (χ0n) is 17.4. The van der Waals surface area contributed by atoms with Crippen LogP contribution in [0.1, 0.15) is 53.0 Å². The summed E-state index contributed by atoms with van der Waals surface area (Å²) in [5.41, 5.74) is 0.00623.